The number of anilines is 1. The number of alkyl halides is 6. The predicted octanol–water partition coefficient (Wildman–Crippen LogP) is 5.27. The Morgan fingerprint density at radius 3 is 2.30 bits per heavy atom. The number of nitrogens with zero attached hydrogens (tertiary/aromatic N) is 5. The van der Waals surface area contributed by atoms with E-state index in [0.717, 1.165) is 12.1 Å². The van der Waals surface area contributed by atoms with Crippen LogP contribution in [0.15, 0.2) is 47.1 Å². The van der Waals surface area contributed by atoms with Crippen LogP contribution in [0.2, 0.25) is 0 Å². The molecular weight excluding hydrogens is 416 g/mol. The Kier molecular flexibility index (Phi) is 5.64. The highest BCUT2D eigenvalue weighted by Gasteiger charge is 2.36. The van der Waals surface area contributed by atoms with Crippen molar-refractivity contribution in [1.29, 1.82) is 0 Å². The predicted molar refractivity (Wildman–Crippen MR) is 92.3 cm³/mol. The van der Waals surface area contributed by atoms with Gasteiger partial charge >= 0.3 is 12.4 Å². The van der Waals surface area contributed by atoms with Crippen molar-refractivity contribution in [3.8, 4) is 11.5 Å². The zero-order chi connectivity index (χ0) is 21.9. The van der Waals surface area contributed by atoms with Crippen molar-refractivity contribution in [2.45, 2.75) is 18.9 Å². The summed E-state index contributed by atoms with van der Waals surface area (Å²) in [5, 5.41) is 7.42. The Morgan fingerprint density at radius 1 is 1.00 bits per heavy atom. The zero-order valence-electron chi connectivity index (χ0n) is 14.9. The van der Waals surface area contributed by atoms with Crippen molar-refractivity contribution in [3.63, 3.8) is 0 Å². The minimum atomic E-state index is -4.90. The largest absolute Gasteiger partial charge is 0.419 e. The summed E-state index contributed by atoms with van der Waals surface area (Å²) in [6.07, 6.45) is -6.72. The zero-order valence-corrected chi connectivity index (χ0v) is 14.9. The van der Waals surface area contributed by atoms with Gasteiger partial charge in [0.1, 0.15) is 6.54 Å². The number of benzene rings is 1. The SMILES string of the molecule is [C-]#[N+]c1ccc(N(Cc2nnc(-c3ccncc3)o2)CC(F)(F)F)cc1C(F)(F)F. The van der Waals surface area contributed by atoms with Gasteiger partial charge in [0.05, 0.1) is 18.7 Å². The van der Waals surface area contributed by atoms with Gasteiger partial charge in [0.25, 0.3) is 0 Å². The van der Waals surface area contributed by atoms with Crippen molar-refractivity contribution in [3.05, 3.63) is 65.6 Å². The number of pyridine rings is 1. The average Bonchev–Trinajstić information content (AvgIpc) is 3.14. The second-order valence-electron chi connectivity index (χ2n) is 6.02. The number of rotatable bonds is 5. The van der Waals surface area contributed by atoms with E-state index in [9.17, 15) is 26.3 Å². The van der Waals surface area contributed by atoms with E-state index < -0.39 is 42.4 Å². The Balaban J connectivity index is 1.95. The van der Waals surface area contributed by atoms with Crippen LogP contribution in [0.25, 0.3) is 16.3 Å². The molecule has 0 aliphatic rings. The number of hydrogen-bond donors (Lipinski definition) is 0. The van der Waals surface area contributed by atoms with Gasteiger partial charge in [-0.3, -0.25) is 4.98 Å². The minimum absolute atomic E-state index is 0.0266. The summed E-state index contributed by atoms with van der Waals surface area (Å²) >= 11 is 0. The maximum absolute atomic E-state index is 13.2. The molecule has 0 fully saturated rings. The first-order chi connectivity index (χ1) is 14.1. The first kappa shape index (κ1) is 21.1. The minimum Gasteiger partial charge on any atom is -0.419 e. The van der Waals surface area contributed by atoms with E-state index in [0.29, 0.717) is 16.5 Å². The summed E-state index contributed by atoms with van der Waals surface area (Å²) < 4.78 is 84.1. The fourth-order valence-electron chi connectivity index (χ4n) is 2.59. The molecular formula is C18H11F6N5O. The summed E-state index contributed by atoms with van der Waals surface area (Å²) in [4.78, 5) is 7.21. The first-order valence-electron chi connectivity index (χ1n) is 8.20. The summed E-state index contributed by atoms with van der Waals surface area (Å²) in [5.74, 6) is -0.201. The lowest BCUT2D eigenvalue weighted by Gasteiger charge is -2.25. The Morgan fingerprint density at radius 2 is 1.70 bits per heavy atom. The van der Waals surface area contributed by atoms with Crippen LogP contribution < -0.4 is 4.90 Å². The highest BCUT2D eigenvalue weighted by atomic mass is 19.4. The lowest BCUT2D eigenvalue weighted by molar-refractivity contribution is -0.136. The molecule has 0 atom stereocenters. The number of aromatic nitrogens is 3. The van der Waals surface area contributed by atoms with Crippen LogP contribution in [-0.4, -0.2) is 27.9 Å². The maximum Gasteiger partial charge on any atom is 0.407 e. The molecule has 0 N–H and O–H groups in total. The van der Waals surface area contributed by atoms with Gasteiger partial charge in [-0.25, -0.2) is 4.85 Å². The second-order valence-corrected chi connectivity index (χ2v) is 6.02. The third-order valence-electron chi connectivity index (χ3n) is 3.86. The average molecular weight is 427 g/mol. The maximum atomic E-state index is 13.2. The van der Waals surface area contributed by atoms with Crippen LogP contribution in [0, 0.1) is 6.57 Å². The molecule has 0 saturated heterocycles. The molecule has 0 unspecified atom stereocenters. The van der Waals surface area contributed by atoms with Crippen molar-refractivity contribution in [2.75, 3.05) is 11.4 Å². The van der Waals surface area contributed by atoms with E-state index in [1.54, 1.807) is 12.1 Å². The molecule has 2 aromatic heterocycles. The summed E-state index contributed by atoms with van der Waals surface area (Å²) in [5.41, 5.74) is -1.95. The summed E-state index contributed by atoms with van der Waals surface area (Å²) in [6.45, 7) is 4.69. The topological polar surface area (TPSA) is 59.4 Å². The molecule has 1 aromatic carbocycles. The molecule has 30 heavy (non-hydrogen) atoms. The third-order valence-corrected chi connectivity index (χ3v) is 3.86. The molecule has 3 aromatic rings. The lowest BCUT2D eigenvalue weighted by Crippen LogP contribution is -2.34. The number of halogens is 6. The number of hydrogen-bond acceptors (Lipinski definition) is 5. The van der Waals surface area contributed by atoms with E-state index in [1.165, 1.54) is 12.4 Å². The molecule has 12 heteroatoms. The van der Waals surface area contributed by atoms with Crippen LogP contribution in [0.3, 0.4) is 0 Å². The Labute approximate surface area is 165 Å². The molecule has 6 nitrogen and oxygen atoms in total. The summed E-state index contributed by atoms with van der Waals surface area (Å²) in [7, 11) is 0. The van der Waals surface area contributed by atoms with E-state index in [1.807, 2.05) is 0 Å². The van der Waals surface area contributed by atoms with Gasteiger partial charge in [-0.05, 0) is 24.3 Å². The van der Waals surface area contributed by atoms with Gasteiger partial charge in [-0.2, -0.15) is 26.3 Å². The highest BCUT2D eigenvalue weighted by Crippen LogP contribution is 2.39. The van der Waals surface area contributed by atoms with Crippen molar-refractivity contribution in [2.24, 2.45) is 0 Å². The van der Waals surface area contributed by atoms with Crippen LogP contribution in [0.4, 0.5) is 37.7 Å². The van der Waals surface area contributed by atoms with Gasteiger partial charge in [0.2, 0.25) is 11.8 Å². The fraction of sp³-hybridized carbons (Fsp3) is 0.222. The highest BCUT2D eigenvalue weighted by molar-refractivity contribution is 5.62. The Bertz CT molecular complexity index is 1060. The lowest BCUT2D eigenvalue weighted by atomic mass is 10.1. The van der Waals surface area contributed by atoms with Crippen molar-refractivity contribution < 1.29 is 30.8 Å². The molecule has 0 saturated carbocycles. The first-order valence-corrected chi connectivity index (χ1v) is 8.20. The quantitative estimate of drug-likeness (QED) is 0.410. The molecule has 2 heterocycles. The second kappa shape index (κ2) is 8.02. The molecule has 0 aliphatic carbocycles. The normalized spacial score (nSPS) is 11.9. The summed E-state index contributed by atoms with van der Waals surface area (Å²) in [6, 6.07) is 5.42. The molecule has 156 valence electrons. The van der Waals surface area contributed by atoms with Crippen molar-refractivity contribution in [1.82, 2.24) is 15.2 Å². The molecule has 0 bridgehead atoms. The van der Waals surface area contributed by atoms with E-state index >= 15 is 0 Å². The van der Waals surface area contributed by atoms with E-state index in [4.69, 9.17) is 11.0 Å². The van der Waals surface area contributed by atoms with Crippen LogP contribution in [0.5, 0.6) is 0 Å². The van der Waals surface area contributed by atoms with Gasteiger partial charge < -0.3 is 9.32 Å². The van der Waals surface area contributed by atoms with E-state index in [2.05, 4.69) is 20.0 Å². The standard InChI is InChI=1S/C18H11F6N5O/c1-25-14-3-2-12(8-13(14)18(22,23)24)29(10-17(19,20)21)9-15-27-28-16(30-15)11-4-6-26-7-5-11/h2-8H,9-10H2. The van der Waals surface area contributed by atoms with Crippen molar-refractivity contribution >= 4 is 11.4 Å². The smallest absolute Gasteiger partial charge is 0.407 e. The monoisotopic (exact) mass is 427 g/mol. The molecule has 0 aliphatic heterocycles. The van der Waals surface area contributed by atoms with Gasteiger partial charge in [0.15, 0.2) is 5.69 Å². The molecule has 0 radical (unpaired) electrons. The van der Waals surface area contributed by atoms with Gasteiger partial charge in [-0.15, -0.1) is 10.2 Å². The molecule has 0 spiro atoms. The van der Waals surface area contributed by atoms with Crippen LogP contribution in [0.1, 0.15) is 11.5 Å². The van der Waals surface area contributed by atoms with E-state index in [-0.39, 0.29) is 11.8 Å². The van der Waals surface area contributed by atoms with Crippen LogP contribution in [-0.2, 0) is 12.7 Å². The molecule has 3 rings (SSSR count). The Hall–Kier alpha value is -3.62. The van der Waals surface area contributed by atoms with Gasteiger partial charge in [-0.1, -0.05) is 6.07 Å². The van der Waals surface area contributed by atoms with Crippen LogP contribution >= 0.6 is 0 Å². The van der Waals surface area contributed by atoms with Gasteiger partial charge in [0, 0.05) is 23.6 Å². The molecule has 0 amide bonds. The fourth-order valence-corrected chi connectivity index (χ4v) is 2.59. The third kappa shape index (κ3) is 5.05.